The number of hydrogen-bond donors (Lipinski definition) is 0. The highest BCUT2D eigenvalue weighted by molar-refractivity contribution is 5.72. The molecule has 0 aromatic carbocycles. The lowest BCUT2D eigenvalue weighted by Gasteiger charge is -2.18. The normalized spacial score (nSPS) is 13.5. The van der Waals surface area contributed by atoms with Gasteiger partial charge < -0.3 is 14.2 Å². The van der Waals surface area contributed by atoms with Crippen LogP contribution in [0.2, 0.25) is 0 Å². The number of carbonyl (C=O) groups excluding carboxylic acids is 3. The van der Waals surface area contributed by atoms with Crippen molar-refractivity contribution >= 4 is 17.9 Å². The maximum atomic E-state index is 12.8. The van der Waals surface area contributed by atoms with Crippen LogP contribution >= 0.6 is 0 Å². The zero-order valence-electron chi connectivity index (χ0n) is 47.5. The van der Waals surface area contributed by atoms with Crippen molar-refractivity contribution in [3.8, 4) is 0 Å². The fourth-order valence-corrected chi connectivity index (χ4v) is 7.08. The van der Waals surface area contributed by atoms with E-state index < -0.39 is 12.1 Å². The molecule has 0 fully saturated rings. The molecule has 0 aliphatic heterocycles. The second-order valence-corrected chi connectivity index (χ2v) is 18.4. The van der Waals surface area contributed by atoms with Crippen LogP contribution in [0.4, 0.5) is 0 Å². The summed E-state index contributed by atoms with van der Waals surface area (Å²) in [5.74, 6) is -1.13. The molecule has 1 unspecified atom stereocenters. The fraction of sp³-hybridized carbons (Fsp3) is 0.522. The van der Waals surface area contributed by atoms with Gasteiger partial charge in [-0.3, -0.25) is 14.4 Å². The number of hydrogen-bond acceptors (Lipinski definition) is 6. The fourth-order valence-electron chi connectivity index (χ4n) is 7.08. The average Bonchev–Trinajstić information content (AvgIpc) is 3.41. The Morgan fingerprint density at radius 3 is 0.907 bits per heavy atom. The van der Waals surface area contributed by atoms with Crippen LogP contribution in [0.15, 0.2) is 182 Å². The van der Waals surface area contributed by atoms with E-state index in [9.17, 15) is 14.4 Å². The molecule has 0 spiro atoms. The molecule has 0 rings (SSSR count). The predicted molar refractivity (Wildman–Crippen MR) is 324 cm³/mol. The molecule has 0 radical (unpaired) electrons. The van der Waals surface area contributed by atoms with Gasteiger partial charge in [0.1, 0.15) is 13.2 Å². The van der Waals surface area contributed by atoms with Crippen molar-refractivity contribution in [2.75, 3.05) is 13.2 Å². The van der Waals surface area contributed by atoms with Crippen LogP contribution in [-0.4, -0.2) is 37.2 Å². The Hall–Kier alpha value is -5.49. The first kappa shape index (κ1) is 69.5. The van der Waals surface area contributed by atoms with Crippen molar-refractivity contribution in [1.82, 2.24) is 0 Å². The topological polar surface area (TPSA) is 78.9 Å². The van der Waals surface area contributed by atoms with Gasteiger partial charge in [0.15, 0.2) is 6.10 Å². The van der Waals surface area contributed by atoms with E-state index in [1.54, 1.807) is 6.08 Å². The van der Waals surface area contributed by atoms with Gasteiger partial charge >= 0.3 is 17.9 Å². The summed E-state index contributed by atoms with van der Waals surface area (Å²) >= 11 is 0. The summed E-state index contributed by atoms with van der Waals surface area (Å²) in [5.41, 5.74) is 0. The third kappa shape index (κ3) is 59.3. The van der Waals surface area contributed by atoms with Gasteiger partial charge in [-0.2, -0.15) is 0 Å². The van der Waals surface area contributed by atoms with E-state index in [2.05, 4.69) is 191 Å². The molecular weight excluding hydrogens is 925 g/mol. The van der Waals surface area contributed by atoms with Gasteiger partial charge in [0.05, 0.1) is 6.42 Å². The lowest BCUT2D eigenvalue weighted by molar-refractivity contribution is -0.166. The third-order valence-corrected chi connectivity index (χ3v) is 11.4. The lowest BCUT2D eigenvalue weighted by atomic mass is 10.1. The largest absolute Gasteiger partial charge is 0.462 e. The second kappa shape index (κ2) is 61.1. The molecule has 0 aromatic rings. The summed E-state index contributed by atoms with van der Waals surface area (Å²) in [6.07, 6.45) is 92.1. The number of ether oxygens (including phenoxy) is 3. The molecule has 0 aliphatic rings. The highest BCUT2D eigenvalue weighted by atomic mass is 16.6. The summed E-state index contributed by atoms with van der Waals surface area (Å²) < 4.78 is 16.7. The molecule has 0 bridgehead atoms. The van der Waals surface area contributed by atoms with Crippen molar-refractivity contribution in [3.63, 3.8) is 0 Å². The number of carbonyl (C=O) groups is 3. The molecule has 0 aromatic heterocycles. The highest BCUT2D eigenvalue weighted by Crippen LogP contribution is 2.11. The summed E-state index contributed by atoms with van der Waals surface area (Å²) in [6.45, 7) is 6.22. The Bertz CT molecular complexity index is 1800. The first-order chi connectivity index (χ1) is 37.0. The van der Waals surface area contributed by atoms with E-state index >= 15 is 0 Å². The van der Waals surface area contributed by atoms with Gasteiger partial charge in [0.2, 0.25) is 0 Å². The summed E-state index contributed by atoms with van der Waals surface area (Å²) in [5, 5.41) is 0. The van der Waals surface area contributed by atoms with Crippen molar-refractivity contribution in [2.24, 2.45) is 0 Å². The summed E-state index contributed by atoms with van der Waals surface area (Å²) in [7, 11) is 0. The van der Waals surface area contributed by atoms with E-state index in [0.717, 1.165) is 148 Å². The second-order valence-electron chi connectivity index (χ2n) is 18.4. The van der Waals surface area contributed by atoms with Crippen LogP contribution in [-0.2, 0) is 28.6 Å². The number of unbranched alkanes of at least 4 members (excludes halogenated alkanes) is 10. The van der Waals surface area contributed by atoms with E-state index in [-0.39, 0.29) is 38.0 Å². The highest BCUT2D eigenvalue weighted by Gasteiger charge is 2.19. The summed E-state index contributed by atoms with van der Waals surface area (Å²) in [6, 6.07) is 0. The zero-order valence-corrected chi connectivity index (χ0v) is 47.5. The molecule has 0 amide bonds. The van der Waals surface area contributed by atoms with Crippen molar-refractivity contribution in [2.45, 2.75) is 219 Å². The molecule has 0 saturated heterocycles. The molecule has 0 N–H and O–H groups in total. The smallest absolute Gasteiger partial charge is 0.310 e. The van der Waals surface area contributed by atoms with Gasteiger partial charge in [-0.1, -0.05) is 242 Å². The molecule has 0 aliphatic carbocycles. The number of allylic oxidation sites excluding steroid dienone is 29. The van der Waals surface area contributed by atoms with Gasteiger partial charge in [0, 0.05) is 12.8 Å². The Balaban J connectivity index is 4.45. The van der Waals surface area contributed by atoms with E-state index in [1.807, 2.05) is 6.08 Å². The van der Waals surface area contributed by atoms with Crippen LogP contribution in [0.5, 0.6) is 0 Å². The number of esters is 3. The first-order valence-corrected chi connectivity index (χ1v) is 29.3. The Morgan fingerprint density at radius 1 is 0.293 bits per heavy atom. The van der Waals surface area contributed by atoms with Gasteiger partial charge in [-0.25, -0.2) is 0 Å². The van der Waals surface area contributed by atoms with Gasteiger partial charge in [-0.05, 0) is 135 Å². The maximum Gasteiger partial charge on any atom is 0.310 e. The summed E-state index contributed by atoms with van der Waals surface area (Å²) in [4.78, 5) is 38.0. The van der Waals surface area contributed by atoms with E-state index in [0.29, 0.717) is 12.8 Å². The number of rotatable bonds is 50. The Kier molecular flexibility index (Phi) is 56.6. The molecule has 6 heteroatoms. The maximum absolute atomic E-state index is 12.8. The zero-order chi connectivity index (χ0) is 54.3. The SMILES string of the molecule is CC/C=C\C/C=C\C/C=C\C/C=C\C/C=C\C/C=C\C/C=C\C/C=C\C/C=C\CCCCCC(=O)OCC(COC(=O)CCCCCCC/C=C\CCCC)OC(=O)C/C=C\C/C=C\C/C=C\C/C=C\C/C=C\CC. The molecule has 0 saturated carbocycles. The van der Waals surface area contributed by atoms with Crippen LogP contribution in [0.3, 0.4) is 0 Å². The quantitative estimate of drug-likeness (QED) is 0.0261. The third-order valence-electron chi connectivity index (χ3n) is 11.4. The molecule has 6 nitrogen and oxygen atoms in total. The molecule has 416 valence electrons. The van der Waals surface area contributed by atoms with Crippen molar-refractivity contribution in [1.29, 1.82) is 0 Å². The molecule has 75 heavy (non-hydrogen) atoms. The van der Waals surface area contributed by atoms with Crippen LogP contribution < -0.4 is 0 Å². The Morgan fingerprint density at radius 2 is 0.560 bits per heavy atom. The first-order valence-electron chi connectivity index (χ1n) is 29.3. The van der Waals surface area contributed by atoms with E-state index in [1.165, 1.54) is 19.3 Å². The molecule has 1 atom stereocenters. The van der Waals surface area contributed by atoms with Gasteiger partial charge in [0.25, 0.3) is 0 Å². The van der Waals surface area contributed by atoms with Gasteiger partial charge in [-0.15, -0.1) is 0 Å². The van der Waals surface area contributed by atoms with Crippen molar-refractivity contribution in [3.05, 3.63) is 182 Å². The average molecular weight is 1030 g/mol. The lowest BCUT2D eigenvalue weighted by Crippen LogP contribution is -2.30. The van der Waals surface area contributed by atoms with Crippen LogP contribution in [0.1, 0.15) is 213 Å². The monoisotopic (exact) mass is 1030 g/mol. The molecule has 0 heterocycles. The minimum absolute atomic E-state index is 0.0782. The minimum Gasteiger partial charge on any atom is -0.462 e. The van der Waals surface area contributed by atoms with E-state index in [4.69, 9.17) is 14.2 Å². The van der Waals surface area contributed by atoms with Crippen LogP contribution in [0.25, 0.3) is 0 Å². The van der Waals surface area contributed by atoms with Crippen LogP contribution in [0, 0.1) is 0 Å². The Labute approximate surface area is 459 Å². The predicted octanol–water partition coefficient (Wildman–Crippen LogP) is 20.1. The van der Waals surface area contributed by atoms with Crippen molar-refractivity contribution < 1.29 is 28.6 Å². The standard InChI is InChI=1S/C69H104O6/c1-4-7-10-13-16-19-22-24-26-27-28-29-30-31-32-33-34-35-36-37-38-39-40-41-43-44-47-50-53-56-59-62-68(71)74-65-66(64-73-67(70)61-58-55-52-49-46-21-18-15-12-9-6-3)75-69(72)63-60-57-54-51-48-45-42-25-23-20-17-14-11-8-5-2/h7-8,10-11,15-20,24-26,28-29,31-32,34-35,37-38,40-42,44,47-48,51,57,60,66H,4-6,9,12-14,21-23,27,30,33,36,39,43,45-46,49-50,52-56,58-59,61-65H2,1-3H3/b10-7-,11-8-,18-15-,19-16-,20-17-,26-24-,29-28-,32-31-,35-34-,38-37-,41-40-,42-25-,47-44-,51-48-,60-57-. The molecular formula is C69H104O6. The minimum atomic E-state index is -0.859.